The number of aliphatic hydroxyl groups is 1. The van der Waals surface area contributed by atoms with Crippen molar-refractivity contribution in [3.63, 3.8) is 0 Å². The van der Waals surface area contributed by atoms with E-state index in [2.05, 4.69) is 5.32 Å². The Morgan fingerprint density at radius 2 is 2.11 bits per heavy atom. The van der Waals surface area contributed by atoms with Crippen LogP contribution in [0.2, 0.25) is 0 Å². The van der Waals surface area contributed by atoms with Gasteiger partial charge in [0.05, 0.1) is 16.0 Å². The summed E-state index contributed by atoms with van der Waals surface area (Å²) in [5.74, 6) is 0.154. The van der Waals surface area contributed by atoms with E-state index in [1.807, 2.05) is 0 Å². The zero-order valence-corrected chi connectivity index (χ0v) is 11.3. The highest BCUT2D eigenvalue weighted by molar-refractivity contribution is 7.18. The van der Waals surface area contributed by atoms with E-state index in [9.17, 15) is 14.7 Å². The van der Waals surface area contributed by atoms with E-state index in [1.54, 1.807) is 17.0 Å². The summed E-state index contributed by atoms with van der Waals surface area (Å²) in [5, 5.41) is 13.0. The molecule has 0 radical (unpaired) electrons. The molecule has 2 heterocycles. The second kappa shape index (κ2) is 4.94. The largest absolute Gasteiger partial charge is 0.391 e. The summed E-state index contributed by atoms with van der Waals surface area (Å²) in [6.45, 7) is 1.00. The lowest BCUT2D eigenvalue weighted by atomic mass is 10.3. The van der Waals surface area contributed by atoms with Crippen LogP contribution in [0.1, 0.15) is 28.9 Å². The standard InChI is InChI=1S/C13H16N2O3S/c16-9-5-6-15(7-9)13(18)10-3-4-11(19-10)14-12(17)8-1-2-8/h3-4,8-9,16H,1-2,5-7H2,(H,14,17)/t9-/m0/s1. The topological polar surface area (TPSA) is 69.6 Å². The minimum atomic E-state index is -0.405. The van der Waals surface area contributed by atoms with E-state index < -0.39 is 6.10 Å². The number of rotatable bonds is 3. The van der Waals surface area contributed by atoms with E-state index in [0.717, 1.165) is 17.8 Å². The fraction of sp³-hybridized carbons (Fsp3) is 0.538. The summed E-state index contributed by atoms with van der Waals surface area (Å²) in [4.78, 5) is 26.0. The van der Waals surface area contributed by atoms with Crippen LogP contribution in [0.15, 0.2) is 12.1 Å². The lowest BCUT2D eigenvalue weighted by Crippen LogP contribution is -2.28. The SMILES string of the molecule is O=C(Nc1ccc(C(=O)N2CC[C@H](O)C2)s1)C1CC1. The molecule has 0 unspecified atom stereocenters. The van der Waals surface area contributed by atoms with E-state index in [0.29, 0.717) is 24.4 Å². The maximum absolute atomic E-state index is 12.2. The van der Waals surface area contributed by atoms with Crippen LogP contribution in [0.25, 0.3) is 0 Å². The maximum atomic E-state index is 12.2. The number of thiophene rings is 1. The molecule has 6 heteroatoms. The van der Waals surface area contributed by atoms with E-state index in [-0.39, 0.29) is 17.7 Å². The van der Waals surface area contributed by atoms with E-state index in [4.69, 9.17) is 0 Å². The quantitative estimate of drug-likeness (QED) is 0.877. The van der Waals surface area contributed by atoms with Gasteiger partial charge in [-0.15, -0.1) is 11.3 Å². The number of anilines is 1. The van der Waals surface area contributed by atoms with Gasteiger partial charge in [-0.1, -0.05) is 0 Å². The third kappa shape index (κ3) is 2.79. The van der Waals surface area contributed by atoms with Gasteiger partial charge in [0.15, 0.2) is 0 Å². The van der Waals surface area contributed by atoms with Gasteiger partial charge in [0.2, 0.25) is 5.91 Å². The molecule has 0 aromatic carbocycles. The van der Waals surface area contributed by atoms with Crippen molar-refractivity contribution >= 4 is 28.2 Å². The summed E-state index contributed by atoms with van der Waals surface area (Å²) in [6.07, 6.45) is 2.17. The van der Waals surface area contributed by atoms with Gasteiger partial charge in [-0.2, -0.15) is 0 Å². The van der Waals surface area contributed by atoms with Crippen LogP contribution in [0.5, 0.6) is 0 Å². The Hall–Kier alpha value is -1.40. The second-order valence-electron chi connectivity index (χ2n) is 5.12. The molecule has 1 aromatic heterocycles. The first kappa shape index (κ1) is 12.6. The Morgan fingerprint density at radius 3 is 2.74 bits per heavy atom. The van der Waals surface area contributed by atoms with Crippen LogP contribution in [0.4, 0.5) is 5.00 Å². The van der Waals surface area contributed by atoms with Gasteiger partial charge in [-0.25, -0.2) is 0 Å². The van der Waals surface area contributed by atoms with Crippen molar-refractivity contribution in [2.24, 2.45) is 5.92 Å². The molecule has 1 aliphatic heterocycles. The van der Waals surface area contributed by atoms with Crippen molar-refractivity contribution < 1.29 is 14.7 Å². The highest BCUT2D eigenvalue weighted by Gasteiger charge is 2.30. The zero-order chi connectivity index (χ0) is 13.4. The number of likely N-dealkylation sites (tertiary alicyclic amines) is 1. The van der Waals surface area contributed by atoms with Crippen molar-refractivity contribution in [3.05, 3.63) is 17.0 Å². The van der Waals surface area contributed by atoms with Crippen LogP contribution in [-0.2, 0) is 4.79 Å². The number of carbonyl (C=O) groups excluding carboxylic acids is 2. The van der Waals surface area contributed by atoms with Crippen LogP contribution in [0.3, 0.4) is 0 Å². The highest BCUT2D eigenvalue weighted by atomic mass is 32.1. The number of hydrogen-bond acceptors (Lipinski definition) is 4. The summed E-state index contributed by atoms with van der Waals surface area (Å²) in [7, 11) is 0. The van der Waals surface area contributed by atoms with Gasteiger partial charge in [0.25, 0.3) is 5.91 Å². The van der Waals surface area contributed by atoms with Gasteiger partial charge in [0, 0.05) is 19.0 Å². The normalized spacial score (nSPS) is 22.6. The van der Waals surface area contributed by atoms with Crippen LogP contribution < -0.4 is 5.32 Å². The number of nitrogens with one attached hydrogen (secondary N) is 1. The van der Waals surface area contributed by atoms with Gasteiger partial charge < -0.3 is 15.3 Å². The zero-order valence-electron chi connectivity index (χ0n) is 10.5. The van der Waals surface area contributed by atoms with Crippen LogP contribution >= 0.6 is 11.3 Å². The molecule has 3 rings (SSSR count). The number of β-amino-alcohol motifs (C(OH)–C–C–N with tert-alkyl or cyclic N) is 1. The lowest BCUT2D eigenvalue weighted by Gasteiger charge is -2.13. The fourth-order valence-corrected chi connectivity index (χ4v) is 3.05. The van der Waals surface area contributed by atoms with Crippen molar-refractivity contribution in [1.82, 2.24) is 4.90 Å². The summed E-state index contributed by atoms with van der Waals surface area (Å²) < 4.78 is 0. The molecule has 19 heavy (non-hydrogen) atoms. The first-order valence-electron chi connectivity index (χ1n) is 6.51. The Morgan fingerprint density at radius 1 is 1.32 bits per heavy atom. The van der Waals surface area contributed by atoms with E-state index >= 15 is 0 Å². The van der Waals surface area contributed by atoms with Gasteiger partial charge in [0.1, 0.15) is 0 Å². The van der Waals surface area contributed by atoms with Crippen molar-refractivity contribution in [2.45, 2.75) is 25.4 Å². The fourth-order valence-electron chi connectivity index (χ4n) is 2.17. The predicted molar refractivity (Wildman–Crippen MR) is 72.2 cm³/mol. The lowest BCUT2D eigenvalue weighted by molar-refractivity contribution is -0.117. The number of carbonyl (C=O) groups is 2. The molecule has 2 N–H and O–H groups in total. The minimum absolute atomic E-state index is 0.0532. The molecular weight excluding hydrogens is 264 g/mol. The average molecular weight is 280 g/mol. The molecule has 1 aliphatic carbocycles. The molecule has 5 nitrogen and oxygen atoms in total. The Labute approximate surface area is 115 Å². The molecular formula is C13H16N2O3S. The number of aliphatic hydroxyl groups excluding tert-OH is 1. The summed E-state index contributed by atoms with van der Waals surface area (Å²) >= 11 is 1.30. The monoisotopic (exact) mass is 280 g/mol. The van der Waals surface area contributed by atoms with Gasteiger partial charge >= 0.3 is 0 Å². The first-order chi connectivity index (χ1) is 9.13. The first-order valence-corrected chi connectivity index (χ1v) is 7.33. The Kier molecular flexibility index (Phi) is 3.28. The van der Waals surface area contributed by atoms with Crippen molar-refractivity contribution in [2.75, 3.05) is 18.4 Å². The molecule has 1 saturated heterocycles. The summed E-state index contributed by atoms with van der Waals surface area (Å²) in [6, 6.07) is 3.50. The molecule has 0 bridgehead atoms. The molecule has 1 aromatic rings. The van der Waals surface area contributed by atoms with Gasteiger partial charge in [-0.05, 0) is 31.4 Å². The molecule has 1 saturated carbocycles. The number of amides is 2. The second-order valence-corrected chi connectivity index (χ2v) is 6.20. The smallest absolute Gasteiger partial charge is 0.264 e. The molecule has 0 spiro atoms. The van der Waals surface area contributed by atoms with Crippen LogP contribution in [0, 0.1) is 5.92 Å². The van der Waals surface area contributed by atoms with Gasteiger partial charge in [-0.3, -0.25) is 9.59 Å². The Balaban J connectivity index is 1.63. The van der Waals surface area contributed by atoms with Crippen LogP contribution in [-0.4, -0.2) is 41.0 Å². The maximum Gasteiger partial charge on any atom is 0.264 e. The van der Waals surface area contributed by atoms with Crippen molar-refractivity contribution in [3.8, 4) is 0 Å². The molecule has 2 aliphatic rings. The molecule has 2 fully saturated rings. The third-order valence-corrected chi connectivity index (χ3v) is 4.45. The number of hydrogen-bond donors (Lipinski definition) is 2. The molecule has 1 atom stereocenters. The summed E-state index contributed by atoms with van der Waals surface area (Å²) in [5.41, 5.74) is 0. The Bertz CT molecular complexity index is 510. The van der Waals surface area contributed by atoms with E-state index in [1.165, 1.54) is 11.3 Å². The molecule has 2 amide bonds. The molecule has 102 valence electrons. The van der Waals surface area contributed by atoms with Crippen molar-refractivity contribution in [1.29, 1.82) is 0 Å². The highest BCUT2D eigenvalue weighted by Crippen LogP contribution is 2.32. The average Bonchev–Trinajstić information content (AvgIpc) is 3.00. The predicted octanol–water partition coefficient (Wildman–Crippen LogP) is 1.30. The third-order valence-electron chi connectivity index (χ3n) is 3.46. The minimum Gasteiger partial charge on any atom is -0.391 e. The number of nitrogens with zero attached hydrogens (tertiary/aromatic N) is 1.